The minimum atomic E-state index is -0.280. The third kappa shape index (κ3) is 2.87. The minimum Gasteiger partial charge on any atom is -0.295 e. The van der Waals surface area contributed by atoms with Gasteiger partial charge in [-0.1, -0.05) is 11.8 Å². The number of aromatic nitrogens is 4. The summed E-state index contributed by atoms with van der Waals surface area (Å²) >= 11 is 1.40. The van der Waals surface area contributed by atoms with Gasteiger partial charge in [-0.25, -0.2) is 14.8 Å². The molecule has 0 fully saturated rings. The first kappa shape index (κ1) is 16.4. The molecule has 0 saturated heterocycles. The van der Waals surface area contributed by atoms with Crippen LogP contribution in [0, 0.1) is 6.92 Å². The second kappa shape index (κ2) is 6.24. The monoisotopic (exact) mass is 342 g/mol. The van der Waals surface area contributed by atoms with E-state index in [0.29, 0.717) is 5.56 Å². The average Bonchev–Trinajstić information content (AvgIpc) is 2.78. The normalized spacial score (nSPS) is 12.5. The summed E-state index contributed by atoms with van der Waals surface area (Å²) in [6.45, 7) is 3.75. The topological polar surface area (TPSA) is 69.8 Å². The molecule has 0 amide bonds. The molecule has 1 unspecified atom stereocenters. The minimum absolute atomic E-state index is 0.00877. The molecule has 0 N–H and O–H groups in total. The van der Waals surface area contributed by atoms with Crippen molar-refractivity contribution in [1.29, 1.82) is 0 Å². The number of rotatable bonds is 4. The molecule has 0 aliphatic carbocycles. The third-order valence-corrected chi connectivity index (χ3v) is 5.03. The maximum absolute atomic E-state index is 12.7. The van der Waals surface area contributed by atoms with Crippen molar-refractivity contribution >= 4 is 28.6 Å². The first-order valence-corrected chi connectivity index (χ1v) is 8.41. The quantitative estimate of drug-likeness (QED) is 0.413. The van der Waals surface area contributed by atoms with Gasteiger partial charge in [-0.15, -0.1) is 0 Å². The van der Waals surface area contributed by atoms with Crippen LogP contribution in [0.1, 0.15) is 23.0 Å². The van der Waals surface area contributed by atoms with Crippen molar-refractivity contribution < 1.29 is 4.79 Å². The molecule has 2 aromatic heterocycles. The standard InChI is InChI=1S/C17H18N4O2S/c1-10-7-15(19-9-18-10)24-11(2)16(22)12-5-6-13-14(8-12)21(4)17(23)20(13)3/h5-9,11H,1-4H3. The molecule has 0 radical (unpaired) electrons. The van der Waals surface area contributed by atoms with Gasteiger partial charge in [-0.05, 0) is 38.1 Å². The van der Waals surface area contributed by atoms with Crippen LogP contribution in [0.25, 0.3) is 11.0 Å². The predicted molar refractivity (Wildman–Crippen MR) is 94.6 cm³/mol. The number of nitrogens with zero attached hydrogens (tertiary/aromatic N) is 4. The first-order chi connectivity index (χ1) is 11.4. The Labute approximate surface area is 143 Å². The van der Waals surface area contributed by atoms with Gasteiger partial charge in [0.05, 0.1) is 16.3 Å². The molecule has 1 aromatic carbocycles. The summed E-state index contributed by atoms with van der Waals surface area (Å²) in [5, 5.41) is 0.494. The highest BCUT2D eigenvalue weighted by molar-refractivity contribution is 8.00. The van der Waals surface area contributed by atoms with Crippen molar-refractivity contribution in [2.24, 2.45) is 14.1 Å². The SMILES string of the molecule is Cc1cc(SC(C)C(=O)c2ccc3c(c2)n(C)c(=O)n3C)ncn1. The van der Waals surface area contributed by atoms with E-state index in [4.69, 9.17) is 0 Å². The summed E-state index contributed by atoms with van der Waals surface area (Å²) in [6.07, 6.45) is 1.50. The Hall–Kier alpha value is -2.41. The van der Waals surface area contributed by atoms with Gasteiger partial charge in [0.2, 0.25) is 0 Å². The van der Waals surface area contributed by atoms with E-state index in [0.717, 1.165) is 21.8 Å². The van der Waals surface area contributed by atoms with Gasteiger partial charge >= 0.3 is 5.69 Å². The van der Waals surface area contributed by atoms with Crippen molar-refractivity contribution in [2.75, 3.05) is 0 Å². The van der Waals surface area contributed by atoms with Crippen molar-refractivity contribution in [3.8, 4) is 0 Å². The van der Waals surface area contributed by atoms with Crippen LogP contribution < -0.4 is 5.69 Å². The summed E-state index contributed by atoms with van der Waals surface area (Å²) < 4.78 is 3.13. The smallest absolute Gasteiger partial charge is 0.295 e. The number of Topliss-reactive ketones (excluding diaryl/α,β-unsaturated/α-hetero) is 1. The van der Waals surface area contributed by atoms with Crippen molar-refractivity contribution in [1.82, 2.24) is 19.1 Å². The van der Waals surface area contributed by atoms with Gasteiger partial charge in [0.25, 0.3) is 0 Å². The van der Waals surface area contributed by atoms with Gasteiger partial charge in [0, 0.05) is 25.4 Å². The fraction of sp³-hybridized carbons (Fsp3) is 0.294. The molecule has 0 aliphatic rings. The van der Waals surface area contributed by atoms with Crippen LogP contribution in [0.15, 0.2) is 40.4 Å². The van der Waals surface area contributed by atoms with Crippen LogP contribution in [0.4, 0.5) is 0 Å². The van der Waals surface area contributed by atoms with Crippen LogP contribution >= 0.6 is 11.8 Å². The highest BCUT2D eigenvalue weighted by Crippen LogP contribution is 2.25. The molecule has 7 heteroatoms. The lowest BCUT2D eigenvalue weighted by molar-refractivity contribution is 0.0994. The number of carbonyl (C=O) groups is 1. The van der Waals surface area contributed by atoms with Crippen molar-refractivity contribution in [2.45, 2.75) is 24.1 Å². The summed E-state index contributed by atoms with van der Waals surface area (Å²) in [5.74, 6) is 0.00877. The summed E-state index contributed by atoms with van der Waals surface area (Å²) in [7, 11) is 3.43. The number of hydrogen-bond acceptors (Lipinski definition) is 5. The van der Waals surface area contributed by atoms with Crippen molar-refractivity contribution in [3.63, 3.8) is 0 Å². The zero-order valence-electron chi connectivity index (χ0n) is 14.0. The fourth-order valence-electron chi connectivity index (χ4n) is 2.62. The number of benzene rings is 1. The van der Waals surface area contributed by atoms with Gasteiger partial charge in [0.15, 0.2) is 5.78 Å². The molecular formula is C17H18N4O2S. The Morgan fingerprint density at radius 3 is 2.54 bits per heavy atom. The summed E-state index contributed by atoms with van der Waals surface area (Å²) in [5.41, 5.74) is 2.92. The molecule has 0 saturated carbocycles. The average molecular weight is 342 g/mol. The highest BCUT2D eigenvalue weighted by atomic mass is 32.2. The first-order valence-electron chi connectivity index (χ1n) is 7.53. The molecule has 6 nitrogen and oxygen atoms in total. The molecule has 0 bridgehead atoms. The van der Waals surface area contributed by atoms with E-state index in [9.17, 15) is 9.59 Å². The van der Waals surface area contributed by atoms with Crippen molar-refractivity contribution in [3.05, 3.63) is 52.3 Å². The predicted octanol–water partition coefficient (Wildman–Crippen LogP) is 2.34. The van der Waals surface area contributed by atoms with E-state index < -0.39 is 0 Å². The van der Waals surface area contributed by atoms with E-state index >= 15 is 0 Å². The molecule has 1 atom stereocenters. The van der Waals surface area contributed by atoms with Crippen LogP contribution in [-0.2, 0) is 14.1 Å². The molecule has 0 aliphatic heterocycles. The van der Waals surface area contributed by atoms with Gasteiger partial charge < -0.3 is 0 Å². The molecule has 3 rings (SSSR count). The van der Waals surface area contributed by atoms with E-state index in [1.165, 1.54) is 18.1 Å². The number of hydrogen-bond donors (Lipinski definition) is 0. The second-order valence-corrected chi connectivity index (χ2v) is 7.09. The molecule has 3 aromatic rings. The van der Waals surface area contributed by atoms with E-state index in [2.05, 4.69) is 9.97 Å². The van der Waals surface area contributed by atoms with Crippen LogP contribution in [0.2, 0.25) is 0 Å². The number of thioether (sulfide) groups is 1. The van der Waals surface area contributed by atoms with Gasteiger partial charge in [0.1, 0.15) is 11.4 Å². The Morgan fingerprint density at radius 1 is 1.12 bits per heavy atom. The highest BCUT2D eigenvalue weighted by Gasteiger charge is 2.19. The molecular weight excluding hydrogens is 324 g/mol. The third-order valence-electron chi connectivity index (χ3n) is 4.00. The van der Waals surface area contributed by atoms with Crippen LogP contribution in [-0.4, -0.2) is 30.1 Å². The maximum Gasteiger partial charge on any atom is 0.328 e. The zero-order chi connectivity index (χ0) is 17.4. The molecule has 24 heavy (non-hydrogen) atoms. The number of fused-ring (bicyclic) bond motifs is 1. The van der Waals surface area contributed by atoms with Crippen LogP contribution in [0.3, 0.4) is 0 Å². The summed E-state index contributed by atoms with van der Waals surface area (Å²) in [4.78, 5) is 33.0. The Kier molecular flexibility index (Phi) is 4.28. The second-order valence-electron chi connectivity index (χ2n) is 5.73. The maximum atomic E-state index is 12.7. The van der Waals surface area contributed by atoms with E-state index in [-0.39, 0.29) is 16.7 Å². The van der Waals surface area contributed by atoms with E-state index in [1.807, 2.05) is 26.0 Å². The lowest BCUT2D eigenvalue weighted by Gasteiger charge is -2.10. The Bertz CT molecular complexity index is 990. The summed E-state index contributed by atoms with van der Waals surface area (Å²) in [6, 6.07) is 7.22. The van der Waals surface area contributed by atoms with E-state index in [1.54, 1.807) is 35.4 Å². The Balaban J connectivity index is 1.90. The number of aryl methyl sites for hydroxylation is 3. The zero-order valence-corrected chi connectivity index (χ0v) is 14.8. The largest absolute Gasteiger partial charge is 0.328 e. The van der Waals surface area contributed by atoms with Gasteiger partial charge in [-0.2, -0.15) is 0 Å². The number of carbonyl (C=O) groups excluding carboxylic acids is 1. The lowest BCUT2D eigenvalue weighted by atomic mass is 10.1. The lowest BCUT2D eigenvalue weighted by Crippen LogP contribution is -2.19. The molecule has 124 valence electrons. The number of imidazole rings is 1. The number of ketones is 1. The molecule has 0 spiro atoms. The fourth-order valence-corrected chi connectivity index (χ4v) is 3.58. The Morgan fingerprint density at radius 2 is 1.83 bits per heavy atom. The van der Waals surface area contributed by atoms with Gasteiger partial charge in [-0.3, -0.25) is 13.9 Å². The van der Waals surface area contributed by atoms with Crippen LogP contribution in [0.5, 0.6) is 0 Å². The molecule has 2 heterocycles.